The van der Waals surface area contributed by atoms with E-state index < -0.39 is 10.0 Å². The van der Waals surface area contributed by atoms with Crippen molar-refractivity contribution in [3.8, 4) is 0 Å². The van der Waals surface area contributed by atoms with Gasteiger partial charge in [-0.1, -0.05) is 30.3 Å². The number of likely N-dealkylation sites (tertiary alicyclic amines) is 1. The minimum atomic E-state index is -3.59. The zero-order valence-electron chi connectivity index (χ0n) is 15.7. The van der Waals surface area contributed by atoms with Gasteiger partial charge in [0.2, 0.25) is 15.9 Å². The first-order chi connectivity index (χ1) is 12.8. The lowest BCUT2D eigenvalue weighted by molar-refractivity contribution is -0.130. The zero-order chi connectivity index (χ0) is 19.3. The smallest absolute Gasteiger partial charge is 0.246 e. The third kappa shape index (κ3) is 2.87. The van der Waals surface area contributed by atoms with Gasteiger partial charge in [0.05, 0.1) is 17.9 Å². The fourth-order valence-corrected chi connectivity index (χ4v) is 6.19. The van der Waals surface area contributed by atoms with Gasteiger partial charge in [0.1, 0.15) is 4.90 Å². The van der Waals surface area contributed by atoms with Crippen LogP contribution in [0.1, 0.15) is 24.2 Å². The number of hydrogen-bond acceptors (Lipinski definition) is 4. The van der Waals surface area contributed by atoms with E-state index >= 15 is 0 Å². The SMILES string of the molecule is CC(=O)N1C[C@H]2CN(S(=O)(=O)c3cnn(C)c3C)C[C@H]2[C@H]1c1ccccc1. The topological polar surface area (TPSA) is 75.5 Å². The van der Waals surface area contributed by atoms with Crippen molar-refractivity contribution in [2.45, 2.75) is 24.8 Å². The second-order valence-corrected chi connectivity index (χ2v) is 9.40. The van der Waals surface area contributed by atoms with Crippen LogP contribution in [0.3, 0.4) is 0 Å². The van der Waals surface area contributed by atoms with E-state index in [1.807, 2.05) is 35.2 Å². The quantitative estimate of drug-likeness (QED) is 0.800. The summed E-state index contributed by atoms with van der Waals surface area (Å²) in [5.74, 6) is 0.282. The number of fused-ring (bicyclic) bond motifs is 1. The summed E-state index contributed by atoms with van der Waals surface area (Å²) in [6.07, 6.45) is 1.43. The van der Waals surface area contributed by atoms with Crippen LogP contribution in [0, 0.1) is 18.8 Å². The van der Waals surface area contributed by atoms with Gasteiger partial charge in [0.25, 0.3) is 0 Å². The van der Waals surface area contributed by atoms with Crippen molar-refractivity contribution in [3.05, 3.63) is 47.8 Å². The van der Waals surface area contributed by atoms with Gasteiger partial charge >= 0.3 is 0 Å². The molecule has 7 nitrogen and oxygen atoms in total. The Morgan fingerprint density at radius 3 is 2.44 bits per heavy atom. The lowest BCUT2D eigenvalue weighted by atomic mass is 9.89. The lowest BCUT2D eigenvalue weighted by Gasteiger charge is -2.29. The summed E-state index contributed by atoms with van der Waals surface area (Å²) >= 11 is 0. The average Bonchev–Trinajstić information content (AvgIpc) is 3.29. The third-order valence-electron chi connectivity index (χ3n) is 5.98. The molecule has 1 amide bonds. The van der Waals surface area contributed by atoms with Gasteiger partial charge in [-0.3, -0.25) is 9.48 Å². The second-order valence-electron chi connectivity index (χ2n) is 7.49. The lowest BCUT2D eigenvalue weighted by Crippen LogP contribution is -2.36. The van der Waals surface area contributed by atoms with E-state index in [0.717, 1.165) is 5.56 Å². The molecule has 1 aromatic heterocycles. The maximum absolute atomic E-state index is 13.2. The molecule has 3 heterocycles. The molecule has 2 aromatic rings. The molecule has 0 bridgehead atoms. The second kappa shape index (κ2) is 6.45. The van der Waals surface area contributed by atoms with Gasteiger partial charge in [-0.25, -0.2) is 8.42 Å². The molecule has 144 valence electrons. The highest BCUT2D eigenvalue weighted by Gasteiger charge is 2.51. The fraction of sp³-hybridized carbons (Fsp3) is 0.474. The van der Waals surface area contributed by atoms with Gasteiger partial charge in [0, 0.05) is 39.5 Å². The third-order valence-corrected chi connectivity index (χ3v) is 7.92. The fourth-order valence-electron chi connectivity index (χ4n) is 4.47. The Morgan fingerprint density at radius 2 is 1.85 bits per heavy atom. The molecule has 4 rings (SSSR count). The Kier molecular flexibility index (Phi) is 4.35. The molecule has 3 atom stereocenters. The molecule has 2 aliphatic rings. The van der Waals surface area contributed by atoms with Gasteiger partial charge in [-0.15, -0.1) is 0 Å². The predicted molar refractivity (Wildman–Crippen MR) is 100 cm³/mol. The van der Waals surface area contributed by atoms with Crippen LogP contribution >= 0.6 is 0 Å². The van der Waals surface area contributed by atoms with Crippen molar-refractivity contribution >= 4 is 15.9 Å². The van der Waals surface area contributed by atoms with Crippen LogP contribution < -0.4 is 0 Å². The number of sulfonamides is 1. The normalized spacial score (nSPS) is 25.7. The summed E-state index contributed by atoms with van der Waals surface area (Å²) in [5, 5.41) is 4.08. The number of aromatic nitrogens is 2. The van der Waals surface area contributed by atoms with E-state index in [1.54, 1.807) is 29.9 Å². The standard InChI is InChI=1S/C19H24N4O3S/c1-13-18(9-20-21(13)3)27(25,26)22-10-16-11-23(14(2)24)19(17(16)12-22)15-7-5-4-6-8-15/h4-9,16-17,19H,10-12H2,1-3H3/t16-,17-,19-/m1/s1. The molecular weight excluding hydrogens is 364 g/mol. The van der Waals surface area contributed by atoms with Crippen molar-refractivity contribution in [2.75, 3.05) is 19.6 Å². The van der Waals surface area contributed by atoms with E-state index in [1.165, 1.54) is 6.20 Å². The first-order valence-corrected chi connectivity index (χ1v) is 10.6. The van der Waals surface area contributed by atoms with E-state index in [2.05, 4.69) is 5.10 Å². The zero-order valence-corrected chi connectivity index (χ0v) is 16.6. The van der Waals surface area contributed by atoms with E-state index in [9.17, 15) is 13.2 Å². The molecule has 2 aliphatic heterocycles. The molecule has 2 fully saturated rings. The van der Waals surface area contributed by atoms with Crippen LogP contribution in [0.4, 0.5) is 0 Å². The predicted octanol–water partition coefficient (Wildman–Crippen LogP) is 1.57. The first-order valence-electron chi connectivity index (χ1n) is 9.11. The van der Waals surface area contributed by atoms with Crippen molar-refractivity contribution in [1.82, 2.24) is 19.0 Å². The Balaban J connectivity index is 1.65. The summed E-state index contributed by atoms with van der Waals surface area (Å²) < 4.78 is 29.4. The highest BCUT2D eigenvalue weighted by Crippen LogP contribution is 2.46. The maximum atomic E-state index is 13.2. The molecule has 8 heteroatoms. The minimum Gasteiger partial charge on any atom is -0.335 e. The monoisotopic (exact) mass is 388 g/mol. The number of carbonyl (C=O) groups is 1. The molecular formula is C19H24N4O3S. The first kappa shape index (κ1) is 18.2. The number of rotatable bonds is 3. The Labute approximate surface area is 159 Å². The molecule has 0 saturated carbocycles. The van der Waals surface area contributed by atoms with E-state index in [0.29, 0.717) is 25.3 Å². The summed E-state index contributed by atoms with van der Waals surface area (Å²) in [4.78, 5) is 14.4. The molecule has 2 saturated heterocycles. The van der Waals surface area contributed by atoms with Crippen molar-refractivity contribution in [1.29, 1.82) is 0 Å². The van der Waals surface area contributed by atoms with Crippen molar-refractivity contribution < 1.29 is 13.2 Å². The van der Waals surface area contributed by atoms with Crippen LogP contribution in [0.25, 0.3) is 0 Å². The molecule has 0 radical (unpaired) electrons. The van der Waals surface area contributed by atoms with Crippen LogP contribution in [0.15, 0.2) is 41.4 Å². The minimum absolute atomic E-state index is 0.0377. The van der Waals surface area contributed by atoms with E-state index in [-0.39, 0.29) is 28.7 Å². The highest BCUT2D eigenvalue weighted by atomic mass is 32.2. The number of hydrogen-bond donors (Lipinski definition) is 0. The van der Waals surface area contributed by atoms with Crippen molar-refractivity contribution in [2.24, 2.45) is 18.9 Å². The largest absolute Gasteiger partial charge is 0.335 e. The Hall–Kier alpha value is -2.19. The molecule has 0 N–H and O–H groups in total. The molecule has 27 heavy (non-hydrogen) atoms. The molecule has 0 spiro atoms. The number of benzene rings is 1. The Morgan fingerprint density at radius 1 is 1.15 bits per heavy atom. The molecule has 1 aromatic carbocycles. The average molecular weight is 388 g/mol. The number of amides is 1. The summed E-state index contributed by atoms with van der Waals surface area (Å²) in [6.45, 7) is 4.81. The summed E-state index contributed by atoms with van der Waals surface area (Å²) in [7, 11) is -1.85. The van der Waals surface area contributed by atoms with Gasteiger partial charge in [-0.05, 0) is 18.4 Å². The molecule has 0 aliphatic carbocycles. The Bertz CT molecular complexity index is 970. The summed E-state index contributed by atoms with van der Waals surface area (Å²) in [5.41, 5.74) is 1.70. The summed E-state index contributed by atoms with van der Waals surface area (Å²) in [6, 6.07) is 9.83. The van der Waals surface area contributed by atoms with Gasteiger partial charge in [-0.2, -0.15) is 9.40 Å². The molecule has 0 unspecified atom stereocenters. The van der Waals surface area contributed by atoms with Gasteiger partial charge < -0.3 is 4.90 Å². The number of carbonyl (C=O) groups excluding carboxylic acids is 1. The van der Waals surface area contributed by atoms with Crippen LogP contribution in [-0.2, 0) is 21.9 Å². The van der Waals surface area contributed by atoms with Crippen molar-refractivity contribution in [3.63, 3.8) is 0 Å². The van der Waals surface area contributed by atoms with Crippen LogP contribution in [0.5, 0.6) is 0 Å². The maximum Gasteiger partial charge on any atom is 0.246 e. The number of nitrogens with zero attached hydrogens (tertiary/aromatic N) is 4. The highest BCUT2D eigenvalue weighted by molar-refractivity contribution is 7.89. The van der Waals surface area contributed by atoms with Crippen LogP contribution in [0.2, 0.25) is 0 Å². The van der Waals surface area contributed by atoms with E-state index in [4.69, 9.17) is 0 Å². The number of aryl methyl sites for hydroxylation is 1. The van der Waals surface area contributed by atoms with Gasteiger partial charge in [0.15, 0.2) is 0 Å². The van der Waals surface area contributed by atoms with Crippen LogP contribution in [-0.4, -0.2) is 52.9 Å².